The van der Waals surface area contributed by atoms with Gasteiger partial charge in [-0.2, -0.15) is 0 Å². The van der Waals surface area contributed by atoms with E-state index in [0.717, 1.165) is 11.1 Å². The summed E-state index contributed by atoms with van der Waals surface area (Å²) in [5.74, 6) is 0. The van der Waals surface area contributed by atoms with E-state index >= 15 is 0 Å². The Morgan fingerprint density at radius 2 is 1.62 bits per heavy atom. The van der Waals surface area contributed by atoms with Gasteiger partial charge in [0.05, 0.1) is 0 Å². The molecule has 0 aromatic heterocycles. The minimum absolute atomic E-state index is 0.820. The van der Waals surface area contributed by atoms with Crippen LogP contribution in [0.1, 0.15) is 5.56 Å². The maximum atomic E-state index is 6.37. The fourth-order valence-corrected chi connectivity index (χ4v) is 6.27. The number of nitrogens with zero attached hydrogens (tertiary/aromatic N) is 1. The van der Waals surface area contributed by atoms with E-state index in [1.165, 1.54) is 5.30 Å². The molecule has 0 spiro atoms. The summed E-state index contributed by atoms with van der Waals surface area (Å²) in [4.78, 5) is 0. The van der Waals surface area contributed by atoms with Gasteiger partial charge in [-0.1, -0.05) is 0 Å². The van der Waals surface area contributed by atoms with E-state index in [9.17, 15) is 0 Å². The third-order valence-corrected chi connectivity index (χ3v) is 9.95. The van der Waals surface area contributed by atoms with Crippen molar-refractivity contribution in [3.63, 3.8) is 0 Å². The molecule has 0 fully saturated rings. The fraction of sp³-hybridized carbons (Fsp3) is 0.0625. The molecule has 0 atom stereocenters. The van der Waals surface area contributed by atoms with Gasteiger partial charge in [-0.15, -0.1) is 0 Å². The van der Waals surface area contributed by atoms with Crippen molar-refractivity contribution in [3.05, 3.63) is 72.4 Å². The zero-order valence-electron chi connectivity index (χ0n) is 11.7. The van der Waals surface area contributed by atoms with Crippen LogP contribution in [0.4, 0.5) is 0 Å². The molecule has 0 unspecified atom stereocenters. The SMILES string of the molecule is C[N+](/C=C/c1ccccc1)=C(N)[P+]([Se])([Se-])c1ccccc1. The van der Waals surface area contributed by atoms with Crippen LogP contribution in [0, 0.1) is 0 Å². The Balaban J connectivity index is 2.28. The van der Waals surface area contributed by atoms with Gasteiger partial charge < -0.3 is 0 Å². The molecule has 107 valence electrons. The second-order valence-corrected chi connectivity index (χ2v) is 17.1. The first-order valence-corrected chi connectivity index (χ1v) is 12.7. The standard InChI is InChI=1S/C16H16N2PSe2/c1-18(13-12-14-8-4-2-5-9-14)16(17)19(20,21)15-10-6-3-7-11-15/h2-13,17H,1H3/p+1/b13-12+. The minimum atomic E-state index is -1.74. The number of amidine groups is 1. The Morgan fingerprint density at radius 1 is 1.10 bits per heavy atom. The molecule has 0 aliphatic rings. The predicted octanol–water partition coefficient (Wildman–Crippen LogP) is 2.12. The molecule has 1 radical (unpaired) electrons. The molecule has 0 bridgehead atoms. The van der Waals surface area contributed by atoms with Crippen molar-refractivity contribution < 1.29 is 4.58 Å². The number of hydrogen-bond acceptors (Lipinski definition) is 0. The van der Waals surface area contributed by atoms with Crippen LogP contribution in [0.5, 0.6) is 0 Å². The molecular weight excluding hydrogens is 409 g/mol. The van der Waals surface area contributed by atoms with Crippen molar-refractivity contribution in [2.45, 2.75) is 0 Å². The van der Waals surface area contributed by atoms with Crippen LogP contribution < -0.4 is 11.0 Å². The zero-order chi connectivity index (χ0) is 15.3. The average Bonchev–Trinajstić information content (AvgIpc) is 2.53. The molecule has 2 nitrogen and oxygen atoms in total. The Bertz CT molecular complexity index is 652. The van der Waals surface area contributed by atoms with E-state index in [1.807, 2.05) is 54.2 Å². The summed E-state index contributed by atoms with van der Waals surface area (Å²) >= 11 is 6.53. The van der Waals surface area contributed by atoms with Crippen LogP contribution in [0.15, 0.2) is 66.9 Å². The summed E-state index contributed by atoms with van der Waals surface area (Å²) in [5.41, 5.74) is 8.34. The molecule has 2 aromatic carbocycles. The average molecular weight is 426 g/mol. The Labute approximate surface area is 142 Å². The molecule has 0 saturated heterocycles. The molecule has 5 heteroatoms. The normalized spacial score (nSPS) is 15.6. The van der Waals surface area contributed by atoms with Crippen LogP contribution in [0.25, 0.3) is 6.08 Å². The van der Waals surface area contributed by atoms with Gasteiger partial charge in [-0.05, 0) is 0 Å². The molecule has 0 aliphatic heterocycles. The zero-order valence-corrected chi connectivity index (χ0v) is 16.0. The topological polar surface area (TPSA) is 29.0 Å². The van der Waals surface area contributed by atoms with Crippen LogP contribution in [0.3, 0.4) is 0 Å². The molecular formula is C16H17N2PSe2+. The summed E-state index contributed by atoms with van der Waals surface area (Å²) in [6.45, 7) is 0. The number of rotatable bonds is 4. The second kappa shape index (κ2) is 7.40. The van der Waals surface area contributed by atoms with Crippen LogP contribution in [-0.4, -0.2) is 48.3 Å². The van der Waals surface area contributed by atoms with Gasteiger partial charge in [0.25, 0.3) is 0 Å². The van der Waals surface area contributed by atoms with Crippen molar-refractivity contribution in [3.8, 4) is 0 Å². The van der Waals surface area contributed by atoms with E-state index in [-0.39, 0.29) is 0 Å². The second-order valence-electron chi connectivity index (χ2n) is 4.58. The van der Waals surface area contributed by atoms with Crippen molar-refractivity contribution in [2.24, 2.45) is 5.73 Å². The van der Waals surface area contributed by atoms with Crippen molar-refractivity contribution in [1.29, 1.82) is 0 Å². The first kappa shape index (κ1) is 16.5. The number of nitrogens with two attached hydrogens (primary N) is 1. The van der Waals surface area contributed by atoms with E-state index in [0.29, 0.717) is 0 Å². The first-order chi connectivity index (χ1) is 10.0. The summed E-state index contributed by atoms with van der Waals surface area (Å²) in [7, 11) is 1.97. The summed E-state index contributed by atoms with van der Waals surface area (Å²) in [5, 5.41) is 1.21. The van der Waals surface area contributed by atoms with Crippen molar-refractivity contribution in [1.82, 2.24) is 0 Å². The monoisotopic (exact) mass is 428 g/mol. The molecule has 0 amide bonds. The molecule has 0 saturated carbocycles. The summed E-state index contributed by atoms with van der Waals surface area (Å²) in [6.07, 6.45) is 4.05. The third-order valence-electron chi connectivity index (χ3n) is 3.05. The first-order valence-electron chi connectivity index (χ1n) is 6.47. The van der Waals surface area contributed by atoms with Gasteiger partial charge in [-0.25, -0.2) is 0 Å². The van der Waals surface area contributed by atoms with Crippen LogP contribution in [-0.2, 0) is 0 Å². The fourth-order valence-electron chi connectivity index (χ4n) is 1.80. The van der Waals surface area contributed by atoms with E-state index in [4.69, 9.17) is 5.73 Å². The van der Waals surface area contributed by atoms with E-state index in [1.54, 1.807) is 0 Å². The summed E-state index contributed by atoms with van der Waals surface area (Å²) < 4.78 is 0.229. The molecule has 2 N–H and O–H groups in total. The van der Waals surface area contributed by atoms with Crippen molar-refractivity contribution in [2.75, 3.05) is 7.05 Å². The van der Waals surface area contributed by atoms with E-state index < -0.39 is 4.64 Å². The van der Waals surface area contributed by atoms with Gasteiger partial charge in [0.15, 0.2) is 0 Å². The van der Waals surface area contributed by atoms with Crippen LogP contribution in [0.2, 0.25) is 0 Å². The molecule has 2 aromatic rings. The number of benzene rings is 2. The Morgan fingerprint density at radius 3 is 2.19 bits per heavy atom. The molecule has 21 heavy (non-hydrogen) atoms. The van der Waals surface area contributed by atoms with Gasteiger partial charge >= 0.3 is 143 Å². The predicted molar refractivity (Wildman–Crippen MR) is 95.4 cm³/mol. The van der Waals surface area contributed by atoms with Crippen LogP contribution >= 0.6 is 4.64 Å². The number of hydrogen-bond donors (Lipinski definition) is 1. The maximum absolute atomic E-state index is 6.37. The summed E-state index contributed by atoms with van der Waals surface area (Å²) in [6, 6.07) is 20.5. The molecule has 2 rings (SSSR count). The van der Waals surface area contributed by atoms with E-state index in [2.05, 4.69) is 61.5 Å². The quantitative estimate of drug-likeness (QED) is 0.262. The third kappa shape index (κ3) is 4.29. The Hall–Kier alpha value is -0.881. The van der Waals surface area contributed by atoms with Crippen molar-refractivity contribution >= 4 is 52.7 Å². The van der Waals surface area contributed by atoms with Gasteiger partial charge in [0, 0.05) is 0 Å². The van der Waals surface area contributed by atoms with Gasteiger partial charge in [0.2, 0.25) is 0 Å². The van der Waals surface area contributed by atoms with Gasteiger partial charge in [0.1, 0.15) is 0 Å². The molecule has 0 aliphatic carbocycles. The van der Waals surface area contributed by atoms with Gasteiger partial charge in [-0.3, -0.25) is 0 Å². The Kier molecular flexibility index (Phi) is 5.81. The molecule has 0 heterocycles.